The predicted octanol–water partition coefficient (Wildman–Crippen LogP) is 5.30. The van der Waals surface area contributed by atoms with E-state index in [1.165, 1.54) is 5.56 Å². The maximum absolute atomic E-state index is 12.2. The number of hydrogen-bond acceptors (Lipinski definition) is 2. The van der Waals surface area contributed by atoms with Gasteiger partial charge in [-0.2, -0.15) is 0 Å². The molecule has 0 spiro atoms. The van der Waals surface area contributed by atoms with E-state index in [1.807, 2.05) is 60.8 Å². The van der Waals surface area contributed by atoms with Crippen LogP contribution in [-0.2, 0) is 24.2 Å². The molecule has 0 atom stereocenters. The highest BCUT2D eigenvalue weighted by Gasteiger charge is 2.07. The maximum atomic E-state index is 12.2. The summed E-state index contributed by atoms with van der Waals surface area (Å²) in [6.07, 6.45) is 3.11. The van der Waals surface area contributed by atoms with Crippen molar-refractivity contribution in [1.82, 2.24) is 10.3 Å². The summed E-state index contributed by atoms with van der Waals surface area (Å²) in [7, 11) is 0. The second-order valence-electron chi connectivity index (χ2n) is 7.20. The van der Waals surface area contributed by atoms with E-state index in [4.69, 9.17) is 16.3 Å². The lowest BCUT2D eigenvalue weighted by Gasteiger charge is -2.07. The van der Waals surface area contributed by atoms with E-state index in [0.717, 1.165) is 34.2 Å². The minimum Gasteiger partial charge on any atom is -0.489 e. The van der Waals surface area contributed by atoms with Gasteiger partial charge in [0.2, 0.25) is 5.91 Å². The van der Waals surface area contributed by atoms with Gasteiger partial charge in [0, 0.05) is 34.7 Å². The average Bonchev–Trinajstić information content (AvgIpc) is 3.17. The Balaban J connectivity index is 1.30. The summed E-state index contributed by atoms with van der Waals surface area (Å²) in [4.78, 5) is 15.5. The molecule has 0 fully saturated rings. The molecule has 0 aliphatic carbocycles. The van der Waals surface area contributed by atoms with Crippen molar-refractivity contribution in [2.45, 2.75) is 19.4 Å². The summed E-state index contributed by atoms with van der Waals surface area (Å²) in [5, 5.41) is 4.81. The van der Waals surface area contributed by atoms with Crippen LogP contribution in [0.5, 0.6) is 5.75 Å². The standard InChI is InChI=1S/C25H23ClN2O2/c26-21-8-6-18(7-9-21)14-25(29)27-13-12-20-16-28-24-15-22(10-11-23(20)24)30-17-19-4-2-1-3-5-19/h1-11,15-16,28H,12-14,17H2,(H,27,29). The first-order chi connectivity index (χ1) is 14.7. The third-order valence-corrected chi connectivity index (χ3v) is 5.23. The molecule has 0 aliphatic heterocycles. The molecular weight excluding hydrogens is 396 g/mol. The first kappa shape index (κ1) is 20.0. The summed E-state index contributed by atoms with van der Waals surface area (Å²) >= 11 is 5.88. The molecular formula is C25H23ClN2O2. The van der Waals surface area contributed by atoms with Gasteiger partial charge in [0.05, 0.1) is 6.42 Å². The number of H-pyrrole nitrogens is 1. The molecule has 0 saturated carbocycles. The third-order valence-electron chi connectivity index (χ3n) is 4.98. The number of halogens is 1. The zero-order valence-corrected chi connectivity index (χ0v) is 17.3. The van der Waals surface area contributed by atoms with Gasteiger partial charge in [-0.05, 0) is 47.4 Å². The van der Waals surface area contributed by atoms with Crippen LogP contribution >= 0.6 is 11.6 Å². The van der Waals surface area contributed by atoms with Crippen LogP contribution < -0.4 is 10.1 Å². The highest BCUT2D eigenvalue weighted by molar-refractivity contribution is 6.30. The Labute approximate surface area is 180 Å². The molecule has 0 radical (unpaired) electrons. The van der Waals surface area contributed by atoms with E-state index in [1.54, 1.807) is 12.1 Å². The van der Waals surface area contributed by atoms with Crippen LogP contribution in [0.25, 0.3) is 10.9 Å². The molecule has 152 valence electrons. The van der Waals surface area contributed by atoms with Gasteiger partial charge in [-0.1, -0.05) is 54.1 Å². The number of aromatic nitrogens is 1. The Morgan fingerprint density at radius 3 is 2.57 bits per heavy atom. The van der Waals surface area contributed by atoms with Crippen molar-refractivity contribution in [3.05, 3.63) is 101 Å². The number of hydrogen-bond donors (Lipinski definition) is 2. The maximum Gasteiger partial charge on any atom is 0.224 e. The van der Waals surface area contributed by atoms with Gasteiger partial charge >= 0.3 is 0 Å². The second-order valence-corrected chi connectivity index (χ2v) is 7.64. The number of ether oxygens (including phenoxy) is 1. The molecule has 0 saturated heterocycles. The summed E-state index contributed by atoms with van der Waals surface area (Å²) in [5.74, 6) is 0.838. The normalized spacial score (nSPS) is 10.8. The molecule has 1 amide bonds. The first-order valence-electron chi connectivity index (χ1n) is 9.95. The molecule has 30 heavy (non-hydrogen) atoms. The molecule has 3 aromatic carbocycles. The quantitative estimate of drug-likeness (QED) is 0.408. The van der Waals surface area contributed by atoms with E-state index in [2.05, 4.69) is 16.4 Å². The van der Waals surface area contributed by atoms with Crippen molar-refractivity contribution >= 4 is 28.4 Å². The Bertz CT molecular complexity index is 1120. The minimum atomic E-state index is 0.00811. The van der Waals surface area contributed by atoms with Gasteiger partial charge in [0.25, 0.3) is 0 Å². The molecule has 0 aliphatic rings. The minimum absolute atomic E-state index is 0.00811. The number of aromatic amines is 1. The Morgan fingerprint density at radius 1 is 0.967 bits per heavy atom. The zero-order valence-electron chi connectivity index (χ0n) is 16.5. The molecule has 0 unspecified atom stereocenters. The zero-order chi connectivity index (χ0) is 20.8. The van der Waals surface area contributed by atoms with Crippen LogP contribution in [0.15, 0.2) is 79.0 Å². The van der Waals surface area contributed by atoms with Crippen molar-refractivity contribution in [3.63, 3.8) is 0 Å². The van der Waals surface area contributed by atoms with Gasteiger partial charge in [0.1, 0.15) is 12.4 Å². The summed E-state index contributed by atoms with van der Waals surface area (Å²) in [6, 6.07) is 23.5. The molecule has 4 rings (SSSR count). The third kappa shape index (κ3) is 5.22. The van der Waals surface area contributed by atoms with Crippen LogP contribution in [0.4, 0.5) is 0 Å². The van der Waals surface area contributed by atoms with E-state index in [9.17, 15) is 4.79 Å². The topological polar surface area (TPSA) is 54.1 Å². The van der Waals surface area contributed by atoms with Crippen LogP contribution in [0.2, 0.25) is 5.02 Å². The molecule has 1 heterocycles. The highest BCUT2D eigenvalue weighted by Crippen LogP contribution is 2.24. The lowest BCUT2D eigenvalue weighted by Crippen LogP contribution is -2.27. The molecule has 0 bridgehead atoms. The fourth-order valence-corrected chi connectivity index (χ4v) is 3.52. The Kier molecular flexibility index (Phi) is 6.35. The van der Waals surface area contributed by atoms with Gasteiger partial charge in [-0.3, -0.25) is 4.79 Å². The molecule has 2 N–H and O–H groups in total. The van der Waals surface area contributed by atoms with Crippen LogP contribution in [0, 0.1) is 0 Å². The fraction of sp³-hybridized carbons (Fsp3) is 0.160. The monoisotopic (exact) mass is 418 g/mol. The molecule has 4 nitrogen and oxygen atoms in total. The molecule has 1 aromatic heterocycles. The van der Waals surface area contributed by atoms with Crippen molar-refractivity contribution in [2.24, 2.45) is 0 Å². The number of amides is 1. The lowest BCUT2D eigenvalue weighted by atomic mass is 10.1. The Hall–Kier alpha value is -3.24. The summed E-state index contributed by atoms with van der Waals surface area (Å²) in [6.45, 7) is 1.13. The van der Waals surface area contributed by atoms with Gasteiger partial charge in [0.15, 0.2) is 0 Å². The van der Waals surface area contributed by atoms with E-state index in [-0.39, 0.29) is 5.91 Å². The Morgan fingerprint density at radius 2 is 1.77 bits per heavy atom. The second kappa shape index (κ2) is 9.51. The number of nitrogens with one attached hydrogen (secondary N) is 2. The fourth-order valence-electron chi connectivity index (χ4n) is 3.39. The molecule has 5 heteroatoms. The number of carbonyl (C=O) groups excluding carboxylic acids is 1. The number of fused-ring (bicyclic) bond motifs is 1. The van der Waals surface area contributed by atoms with Crippen LogP contribution in [-0.4, -0.2) is 17.4 Å². The van der Waals surface area contributed by atoms with Crippen LogP contribution in [0.1, 0.15) is 16.7 Å². The highest BCUT2D eigenvalue weighted by atomic mass is 35.5. The number of benzene rings is 3. The predicted molar refractivity (Wildman–Crippen MR) is 121 cm³/mol. The van der Waals surface area contributed by atoms with E-state index in [0.29, 0.717) is 24.6 Å². The molecule has 4 aromatic rings. The SMILES string of the molecule is O=C(Cc1ccc(Cl)cc1)NCCc1c[nH]c2cc(OCc3ccccc3)ccc12. The largest absolute Gasteiger partial charge is 0.489 e. The van der Waals surface area contributed by atoms with Crippen LogP contribution in [0.3, 0.4) is 0 Å². The van der Waals surface area contributed by atoms with Crippen molar-refractivity contribution in [3.8, 4) is 5.75 Å². The first-order valence-corrected chi connectivity index (χ1v) is 10.3. The van der Waals surface area contributed by atoms with E-state index < -0.39 is 0 Å². The summed E-state index contributed by atoms with van der Waals surface area (Å²) in [5.41, 5.74) is 4.29. The van der Waals surface area contributed by atoms with Gasteiger partial charge < -0.3 is 15.0 Å². The van der Waals surface area contributed by atoms with Gasteiger partial charge in [-0.15, -0.1) is 0 Å². The number of carbonyl (C=O) groups is 1. The summed E-state index contributed by atoms with van der Waals surface area (Å²) < 4.78 is 5.90. The van der Waals surface area contributed by atoms with Crippen molar-refractivity contribution in [1.29, 1.82) is 0 Å². The number of rotatable bonds is 8. The average molecular weight is 419 g/mol. The smallest absolute Gasteiger partial charge is 0.224 e. The lowest BCUT2D eigenvalue weighted by molar-refractivity contribution is -0.120. The van der Waals surface area contributed by atoms with Gasteiger partial charge in [-0.25, -0.2) is 0 Å². The van der Waals surface area contributed by atoms with Crippen molar-refractivity contribution < 1.29 is 9.53 Å². The van der Waals surface area contributed by atoms with Crippen molar-refractivity contribution in [2.75, 3.05) is 6.54 Å². The van der Waals surface area contributed by atoms with E-state index >= 15 is 0 Å².